The molecule has 0 radical (unpaired) electrons. The average Bonchev–Trinajstić information content (AvgIpc) is 3.23. The number of para-hydroxylation sites is 1. The van der Waals surface area contributed by atoms with Crippen molar-refractivity contribution < 1.29 is 4.74 Å². The topological polar surface area (TPSA) is 127 Å². The van der Waals surface area contributed by atoms with E-state index in [-0.39, 0.29) is 6.04 Å². The average molecular weight is 429 g/mol. The van der Waals surface area contributed by atoms with Gasteiger partial charge in [0.1, 0.15) is 23.5 Å². The smallest absolute Gasteiger partial charge is 0.212 e. The van der Waals surface area contributed by atoms with Crippen molar-refractivity contribution in [2.24, 2.45) is 5.11 Å². The van der Waals surface area contributed by atoms with Crippen LogP contribution in [0.5, 0.6) is 5.88 Å². The highest BCUT2D eigenvalue weighted by atomic mass is 16.5. The van der Waals surface area contributed by atoms with Crippen LogP contribution >= 0.6 is 0 Å². The Morgan fingerprint density at radius 1 is 1.22 bits per heavy atom. The van der Waals surface area contributed by atoms with Crippen molar-refractivity contribution in [3.8, 4) is 17.0 Å². The van der Waals surface area contributed by atoms with E-state index in [0.29, 0.717) is 29.5 Å². The molecule has 162 valence electrons. The second-order valence-electron chi connectivity index (χ2n) is 7.11. The van der Waals surface area contributed by atoms with Crippen LogP contribution in [0.15, 0.2) is 78.2 Å². The van der Waals surface area contributed by atoms with Crippen molar-refractivity contribution >= 4 is 22.5 Å². The molecule has 0 aliphatic rings. The molecule has 1 unspecified atom stereocenters. The molecule has 4 aromatic rings. The number of nitrogen functional groups attached to an aromatic ring is 1. The van der Waals surface area contributed by atoms with Crippen LogP contribution in [0, 0.1) is 5.53 Å². The molecule has 3 aromatic heterocycles. The van der Waals surface area contributed by atoms with Crippen molar-refractivity contribution in [2.75, 3.05) is 18.2 Å². The molecule has 0 fully saturated rings. The van der Waals surface area contributed by atoms with Gasteiger partial charge in [-0.25, -0.2) is 20.5 Å². The summed E-state index contributed by atoms with van der Waals surface area (Å²) in [6, 6.07) is 13.2. The molecule has 4 rings (SSSR count). The minimum atomic E-state index is -0.236. The maximum absolute atomic E-state index is 7.80. The molecular weight excluding hydrogens is 404 g/mol. The number of fused-ring (bicyclic) bond motifs is 1. The predicted octanol–water partition coefficient (Wildman–Crippen LogP) is 5.02. The number of allylic oxidation sites excluding steroid dienone is 1. The van der Waals surface area contributed by atoms with Gasteiger partial charge in [0.05, 0.1) is 18.5 Å². The van der Waals surface area contributed by atoms with Crippen molar-refractivity contribution in [3.63, 3.8) is 0 Å². The zero-order valence-electron chi connectivity index (χ0n) is 17.9. The molecule has 32 heavy (non-hydrogen) atoms. The quantitative estimate of drug-likeness (QED) is 0.338. The number of nitrogens with two attached hydrogens (primary N) is 1. The van der Waals surface area contributed by atoms with E-state index in [1.807, 2.05) is 54.1 Å². The molecule has 0 amide bonds. The van der Waals surface area contributed by atoms with Crippen molar-refractivity contribution in [2.45, 2.75) is 19.4 Å². The first-order chi connectivity index (χ1) is 15.7. The Balaban J connectivity index is 1.81. The number of rotatable bonds is 8. The summed E-state index contributed by atoms with van der Waals surface area (Å²) in [6.07, 6.45) is 7.59. The minimum Gasteiger partial charge on any atom is -0.481 e. The van der Waals surface area contributed by atoms with Crippen LogP contribution in [0.3, 0.4) is 0 Å². The number of hydrogen-bond donors (Lipinski definition) is 3. The van der Waals surface area contributed by atoms with E-state index >= 15 is 0 Å². The van der Waals surface area contributed by atoms with Gasteiger partial charge in [-0.1, -0.05) is 25.1 Å². The first-order valence-electron chi connectivity index (χ1n) is 10.2. The summed E-state index contributed by atoms with van der Waals surface area (Å²) in [7, 11) is 1.58. The lowest BCUT2D eigenvalue weighted by atomic mass is 10.1. The molecule has 3 heterocycles. The molecule has 4 N–H and O–H groups in total. The zero-order chi connectivity index (χ0) is 22.5. The fourth-order valence-corrected chi connectivity index (χ4v) is 3.67. The second-order valence-corrected chi connectivity index (χ2v) is 7.11. The highest BCUT2D eigenvalue weighted by Crippen LogP contribution is 2.36. The van der Waals surface area contributed by atoms with Gasteiger partial charge in [0.2, 0.25) is 5.88 Å². The standard InChI is InChI=1S/C23H24N8O/c1-3-19(18(30-25)12-26-16-7-5-4-6-8-16)31-13-17(15-9-10-20(32-2)27-11-15)21-22(24)28-14-29-23(21)31/h4-14,19,25-26H,3H2,1-2H3,(H2,24,28,29)/b18-12-,30-25?. The normalized spacial score (nSPS) is 12.5. The van der Waals surface area contributed by atoms with Gasteiger partial charge < -0.3 is 20.4 Å². The number of anilines is 2. The number of pyridine rings is 1. The molecule has 1 aromatic carbocycles. The third-order valence-corrected chi connectivity index (χ3v) is 5.25. The number of nitrogens with zero attached hydrogens (tertiary/aromatic N) is 5. The summed E-state index contributed by atoms with van der Waals surface area (Å²) >= 11 is 0. The van der Waals surface area contributed by atoms with E-state index in [1.54, 1.807) is 25.6 Å². The van der Waals surface area contributed by atoms with E-state index in [0.717, 1.165) is 22.2 Å². The zero-order valence-corrected chi connectivity index (χ0v) is 17.9. The fraction of sp³-hybridized carbons (Fsp3) is 0.174. The minimum absolute atomic E-state index is 0.236. The van der Waals surface area contributed by atoms with Crippen LogP contribution in [-0.4, -0.2) is 26.6 Å². The number of hydrogen-bond acceptors (Lipinski definition) is 8. The van der Waals surface area contributed by atoms with Gasteiger partial charge in [0, 0.05) is 41.5 Å². The number of methoxy groups -OCH3 is 1. The van der Waals surface area contributed by atoms with Gasteiger partial charge in [0.25, 0.3) is 0 Å². The monoisotopic (exact) mass is 428 g/mol. The van der Waals surface area contributed by atoms with E-state index in [9.17, 15) is 0 Å². The third-order valence-electron chi connectivity index (χ3n) is 5.25. The van der Waals surface area contributed by atoms with Crippen LogP contribution in [0.4, 0.5) is 11.5 Å². The van der Waals surface area contributed by atoms with E-state index in [2.05, 4.69) is 25.4 Å². The molecule has 0 aliphatic heterocycles. The molecule has 0 spiro atoms. The Bertz CT molecular complexity index is 1250. The van der Waals surface area contributed by atoms with Gasteiger partial charge in [-0.2, -0.15) is 5.11 Å². The van der Waals surface area contributed by atoms with Crippen LogP contribution in [-0.2, 0) is 0 Å². The summed E-state index contributed by atoms with van der Waals surface area (Å²) in [5, 5.41) is 7.76. The molecule has 0 aliphatic carbocycles. The Kier molecular flexibility index (Phi) is 6.07. The van der Waals surface area contributed by atoms with Crippen molar-refractivity contribution in [1.82, 2.24) is 19.5 Å². The van der Waals surface area contributed by atoms with Crippen molar-refractivity contribution in [1.29, 1.82) is 5.53 Å². The van der Waals surface area contributed by atoms with E-state index in [4.69, 9.17) is 16.0 Å². The highest BCUT2D eigenvalue weighted by molar-refractivity contribution is 6.00. The number of aromatic nitrogens is 4. The van der Waals surface area contributed by atoms with E-state index in [1.165, 1.54) is 6.33 Å². The summed E-state index contributed by atoms with van der Waals surface area (Å²) < 4.78 is 7.16. The number of ether oxygens (including phenoxy) is 1. The van der Waals surface area contributed by atoms with Gasteiger partial charge >= 0.3 is 0 Å². The Hall–Kier alpha value is -4.27. The van der Waals surface area contributed by atoms with Crippen molar-refractivity contribution in [3.05, 3.63) is 73.1 Å². The maximum atomic E-state index is 7.80. The summed E-state index contributed by atoms with van der Waals surface area (Å²) in [6.45, 7) is 2.04. The van der Waals surface area contributed by atoms with Crippen LogP contribution in [0.2, 0.25) is 0 Å². The van der Waals surface area contributed by atoms with Gasteiger partial charge in [-0.05, 0) is 24.6 Å². The highest BCUT2D eigenvalue weighted by Gasteiger charge is 2.22. The lowest BCUT2D eigenvalue weighted by Gasteiger charge is -2.18. The molecule has 0 saturated carbocycles. The maximum Gasteiger partial charge on any atom is 0.212 e. The van der Waals surface area contributed by atoms with Gasteiger partial charge in [-0.3, -0.25) is 0 Å². The van der Waals surface area contributed by atoms with Gasteiger partial charge in [0.15, 0.2) is 0 Å². The lowest BCUT2D eigenvalue weighted by molar-refractivity contribution is 0.398. The summed E-state index contributed by atoms with van der Waals surface area (Å²) in [4.78, 5) is 13.0. The number of nitrogens with one attached hydrogen (secondary N) is 2. The molecule has 9 nitrogen and oxygen atoms in total. The Labute approximate surface area is 185 Å². The Morgan fingerprint density at radius 3 is 2.69 bits per heavy atom. The molecular formula is C23H24N8O. The summed E-state index contributed by atoms with van der Waals surface area (Å²) in [5.41, 5.74) is 17.9. The second kappa shape index (κ2) is 9.25. The Morgan fingerprint density at radius 2 is 2.03 bits per heavy atom. The van der Waals surface area contributed by atoms with Crippen LogP contribution in [0.1, 0.15) is 19.4 Å². The summed E-state index contributed by atoms with van der Waals surface area (Å²) in [5.74, 6) is 0.906. The van der Waals surface area contributed by atoms with Crippen LogP contribution < -0.4 is 15.8 Å². The molecule has 0 saturated heterocycles. The molecule has 9 heteroatoms. The molecule has 0 bridgehead atoms. The van der Waals surface area contributed by atoms with Gasteiger partial charge in [-0.15, -0.1) is 0 Å². The lowest BCUT2D eigenvalue weighted by Crippen LogP contribution is -2.11. The van der Waals surface area contributed by atoms with E-state index < -0.39 is 0 Å². The first-order valence-corrected chi connectivity index (χ1v) is 10.2. The molecule has 1 atom stereocenters. The largest absolute Gasteiger partial charge is 0.481 e. The predicted molar refractivity (Wildman–Crippen MR) is 124 cm³/mol. The number of benzene rings is 1. The first kappa shape index (κ1) is 21.0. The fourth-order valence-electron chi connectivity index (χ4n) is 3.67. The third kappa shape index (κ3) is 4.00. The SMILES string of the molecule is CCC(/C(=C/Nc1ccccc1)N=N)n1cc(-c2ccc(OC)nc2)c2c(N)ncnc21. The van der Waals surface area contributed by atoms with Crippen LogP contribution in [0.25, 0.3) is 22.2 Å².